The molecule has 1 heterocycles. The predicted molar refractivity (Wildman–Crippen MR) is 97.3 cm³/mol. The van der Waals surface area contributed by atoms with E-state index in [9.17, 15) is 4.79 Å². The molecule has 116 valence electrons. The van der Waals surface area contributed by atoms with Crippen LogP contribution < -0.4 is 0 Å². The third-order valence-electron chi connectivity index (χ3n) is 4.01. The number of Topliss-reactive ketones (excluding diaryl/α,β-unsaturated/α-hetero) is 1. The topological polar surface area (TPSA) is 30.0 Å². The van der Waals surface area contributed by atoms with E-state index in [0.717, 1.165) is 40.6 Å². The summed E-state index contributed by atoms with van der Waals surface area (Å²) in [6.07, 6.45) is 5.21. The van der Waals surface area contributed by atoms with E-state index in [1.807, 2.05) is 30.3 Å². The van der Waals surface area contributed by atoms with E-state index in [4.69, 9.17) is 0 Å². The van der Waals surface area contributed by atoms with Crippen LogP contribution in [0.2, 0.25) is 0 Å². The molecule has 1 aromatic heterocycles. The number of carbonyl (C=O) groups is 1. The number of aromatic nitrogens is 1. The van der Waals surface area contributed by atoms with Crippen molar-refractivity contribution in [2.45, 2.75) is 30.6 Å². The lowest BCUT2D eigenvalue weighted by atomic mass is 10.00. The Morgan fingerprint density at radius 3 is 2.61 bits per heavy atom. The van der Waals surface area contributed by atoms with Crippen molar-refractivity contribution in [3.05, 3.63) is 71.9 Å². The summed E-state index contributed by atoms with van der Waals surface area (Å²) < 4.78 is 0. The zero-order chi connectivity index (χ0) is 16.1. The monoisotopic (exact) mass is 321 g/mol. The average Bonchev–Trinajstić information content (AvgIpc) is 2.59. The van der Waals surface area contributed by atoms with Crippen LogP contribution in [0.1, 0.15) is 35.2 Å². The van der Waals surface area contributed by atoms with Crippen molar-refractivity contribution in [2.75, 3.05) is 0 Å². The second-order valence-corrected chi connectivity index (χ2v) is 6.13. The highest BCUT2D eigenvalue weighted by Crippen LogP contribution is 2.24. The standard InChI is InChI=1S/C20H19NOS/c22-18(11-5-4-9-15-7-2-1-3-8-15)16-13-14-21-20-17(16)10-6-12-19(20)23/h1-3,6-8,10,12-14,23H,4-5,9,11H2. The van der Waals surface area contributed by atoms with Gasteiger partial charge in [-0.1, -0.05) is 42.5 Å². The number of aryl methyl sites for hydroxylation is 1. The number of unbranched alkanes of at least 4 members (excludes halogenated alkanes) is 1. The Hall–Kier alpha value is -2.13. The molecular weight excluding hydrogens is 302 g/mol. The van der Waals surface area contributed by atoms with Gasteiger partial charge in [0, 0.05) is 28.5 Å². The Balaban J connectivity index is 1.64. The molecule has 0 unspecified atom stereocenters. The molecule has 3 rings (SSSR count). The molecular formula is C20H19NOS. The summed E-state index contributed by atoms with van der Waals surface area (Å²) in [4.78, 5) is 17.7. The fourth-order valence-corrected chi connectivity index (χ4v) is 3.06. The van der Waals surface area contributed by atoms with Crippen LogP contribution in [0, 0.1) is 0 Å². The van der Waals surface area contributed by atoms with Gasteiger partial charge in [0.2, 0.25) is 0 Å². The molecule has 0 spiro atoms. The molecule has 0 saturated heterocycles. The smallest absolute Gasteiger partial charge is 0.163 e. The number of nitrogens with zero attached hydrogens (tertiary/aromatic N) is 1. The van der Waals surface area contributed by atoms with Crippen molar-refractivity contribution in [2.24, 2.45) is 0 Å². The van der Waals surface area contributed by atoms with Crippen molar-refractivity contribution < 1.29 is 4.79 Å². The number of para-hydroxylation sites is 1. The Morgan fingerprint density at radius 2 is 1.78 bits per heavy atom. The number of hydrogen-bond donors (Lipinski definition) is 1. The quantitative estimate of drug-likeness (QED) is 0.388. The molecule has 2 nitrogen and oxygen atoms in total. The van der Waals surface area contributed by atoms with E-state index in [0.29, 0.717) is 6.42 Å². The fourth-order valence-electron chi connectivity index (χ4n) is 2.80. The third kappa shape index (κ3) is 3.80. The summed E-state index contributed by atoms with van der Waals surface area (Å²) in [7, 11) is 0. The van der Waals surface area contributed by atoms with Gasteiger partial charge >= 0.3 is 0 Å². The number of hydrogen-bond acceptors (Lipinski definition) is 3. The number of fused-ring (bicyclic) bond motifs is 1. The van der Waals surface area contributed by atoms with Crippen LogP contribution in [-0.4, -0.2) is 10.8 Å². The molecule has 3 heteroatoms. The first-order valence-electron chi connectivity index (χ1n) is 7.89. The van der Waals surface area contributed by atoms with Crippen LogP contribution in [0.15, 0.2) is 65.7 Å². The summed E-state index contributed by atoms with van der Waals surface area (Å²) >= 11 is 4.42. The van der Waals surface area contributed by atoms with Gasteiger partial charge in [0.25, 0.3) is 0 Å². The molecule has 0 amide bonds. The van der Waals surface area contributed by atoms with Gasteiger partial charge in [-0.2, -0.15) is 0 Å². The maximum absolute atomic E-state index is 12.5. The molecule has 2 aromatic carbocycles. The number of pyridine rings is 1. The van der Waals surface area contributed by atoms with E-state index in [-0.39, 0.29) is 5.78 Å². The average molecular weight is 321 g/mol. The summed E-state index contributed by atoms with van der Waals surface area (Å²) in [6, 6.07) is 18.0. The van der Waals surface area contributed by atoms with Crippen LogP contribution in [-0.2, 0) is 6.42 Å². The highest BCUT2D eigenvalue weighted by molar-refractivity contribution is 7.80. The molecule has 0 radical (unpaired) electrons. The lowest BCUT2D eigenvalue weighted by Crippen LogP contribution is -2.01. The molecule has 0 bridgehead atoms. The van der Waals surface area contributed by atoms with Gasteiger partial charge in [-0.05, 0) is 37.0 Å². The summed E-state index contributed by atoms with van der Waals surface area (Å²) in [5.41, 5.74) is 2.88. The first-order chi connectivity index (χ1) is 11.3. The van der Waals surface area contributed by atoms with Gasteiger partial charge in [0.05, 0.1) is 5.52 Å². The van der Waals surface area contributed by atoms with Gasteiger partial charge in [-0.3, -0.25) is 9.78 Å². The normalized spacial score (nSPS) is 10.8. The maximum Gasteiger partial charge on any atom is 0.163 e. The van der Waals surface area contributed by atoms with Crippen molar-refractivity contribution in [3.8, 4) is 0 Å². The van der Waals surface area contributed by atoms with E-state index < -0.39 is 0 Å². The second kappa shape index (κ2) is 7.42. The number of rotatable bonds is 6. The van der Waals surface area contributed by atoms with Gasteiger partial charge in [0.15, 0.2) is 5.78 Å². The van der Waals surface area contributed by atoms with E-state index in [2.05, 4.69) is 41.9 Å². The van der Waals surface area contributed by atoms with Gasteiger partial charge in [-0.15, -0.1) is 12.6 Å². The van der Waals surface area contributed by atoms with Gasteiger partial charge in [0.1, 0.15) is 0 Å². The maximum atomic E-state index is 12.5. The lowest BCUT2D eigenvalue weighted by molar-refractivity contribution is 0.0981. The summed E-state index contributed by atoms with van der Waals surface area (Å²) in [6.45, 7) is 0. The highest BCUT2D eigenvalue weighted by atomic mass is 32.1. The van der Waals surface area contributed by atoms with Crippen LogP contribution in [0.25, 0.3) is 10.9 Å². The number of carbonyl (C=O) groups excluding carboxylic acids is 1. The predicted octanol–water partition coefficient (Wildman–Crippen LogP) is 5.12. The molecule has 0 aliphatic rings. The first-order valence-corrected chi connectivity index (χ1v) is 8.34. The van der Waals surface area contributed by atoms with Crippen molar-refractivity contribution in [1.29, 1.82) is 0 Å². The molecule has 0 atom stereocenters. The molecule has 23 heavy (non-hydrogen) atoms. The largest absolute Gasteiger partial charge is 0.294 e. The summed E-state index contributed by atoms with van der Waals surface area (Å²) in [5.74, 6) is 0.185. The fraction of sp³-hybridized carbons (Fsp3) is 0.200. The van der Waals surface area contributed by atoms with E-state index >= 15 is 0 Å². The zero-order valence-corrected chi connectivity index (χ0v) is 13.8. The van der Waals surface area contributed by atoms with Crippen LogP contribution in [0.5, 0.6) is 0 Å². The Morgan fingerprint density at radius 1 is 0.957 bits per heavy atom. The van der Waals surface area contributed by atoms with E-state index in [1.54, 1.807) is 6.20 Å². The summed E-state index contributed by atoms with van der Waals surface area (Å²) in [5, 5.41) is 0.896. The highest BCUT2D eigenvalue weighted by Gasteiger charge is 2.11. The molecule has 0 fully saturated rings. The minimum atomic E-state index is 0.185. The lowest BCUT2D eigenvalue weighted by Gasteiger charge is -2.07. The van der Waals surface area contributed by atoms with Crippen LogP contribution >= 0.6 is 12.6 Å². The Kier molecular flexibility index (Phi) is 5.09. The number of ketones is 1. The van der Waals surface area contributed by atoms with Gasteiger partial charge < -0.3 is 0 Å². The van der Waals surface area contributed by atoms with Crippen LogP contribution in [0.4, 0.5) is 0 Å². The third-order valence-corrected chi connectivity index (χ3v) is 4.37. The molecule has 0 N–H and O–H groups in total. The number of benzene rings is 2. The Bertz CT molecular complexity index is 814. The molecule has 0 saturated carbocycles. The van der Waals surface area contributed by atoms with Crippen molar-refractivity contribution in [3.63, 3.8) is 0 Å². The first kappa shape index (κ1) is 15.8. The van der Waals surface area contributed by atoms with Crippen molar-refractivity contribution in [1.82, 2.24) is 4.98 Å². The Labute approximate surface area is 142 Å². The second-order valence-electron chi connectivity index (χ2n) is 5.65. The minimum absolute atomic E-state index is 0.185. The minimum Gasteiger partial charge on any atom is -0.294 e. The molecule has 3 aromatic rings. The zero-order valence-electron chi connectivity index (χ0n) is 12.9. The molecule has 0 aliphatic heterocycles. The van der Waals surface area contributed by atoms with Crippen LogP contribution in [0.3, 0.4) is 0 Å². The SMILES string of the molecule is O=C(CCCCc1ccccc1)c1ccnc2c(S)cccc12. The molecule has 0 aliphatic carbocycles. The van der Waals surface area contributed by atoms with E-state index in [1.165, 1.54) is 5.56 Å². The van der Waals surface area contributed by atoms with Crippen molar-refractivity contribution >= 4 is 29.3 Å². The number of thiol groups is 1. The van der Waals surface area contributed by atoms with Gasteiger partial charge in [-0.25, -0.2) is 0 Å².